The number of benzene rings is 1. The smallest absolute Gasteiger partial charge is 0.282 e. The lowest BCUT2D eigenvalue weighted by molar-refractivity contribution is -0.385. The van der Waals surface area contributed by atoms with Crippen molar-refractivity contribution in [2.75, 3.05) is 24.5 Å². The van der Waals surface area contributed by atoms with Crippen LogP contribution in [0.4, 0.5) is 11.6 Å². The molecule has 130 valence electrons. The molecule has 0 radical (unpaired) electrons. The number of nitrogens with one attached hydrogen (secondary N) is 1. The Hall–Kier alpha value is -3.03. The Balaban J connectivity index is 1.52. The zero-order valence-electron chi connectivity index (χ0n) is 13.7. The molecule has 2 heterocycles. The van der Waals surface area contributed by atoms with E-state index in [1.807, 2.05) is 0 Å². The summed E-state index contributed by atoms with van der Waals surface area (Å²) in [5.74, 6) is 0.665. The van der Waals surface area contributed by atoms with Gasteiger partial charge in [0.2, 0.25) is 5.95 Å². The molecule has 1 aliphatic heterocycles. The number of hydrogen-bond donors (Lipinski definition) is 1. The molecule has 8 nitrogen and oxygen atoms in total. The molecule has 0 saturated carbocycles. The maximum atomic E-state index is 12.3. The van der Waals surface area contributed by atoms with Gasteiger partial charge in [-0.1, -0.05) is 12.1 Å². The van der Waals surface area contributed by atoms with Gasteiger partial charge in [0.15, 0.2) is 0 Å². The summed E-state index contributed by atoms with van der Waals surface area (Å²) >= 11 is 0. The molecule has 3 rings (SSSR count). The summed E-state index contributed by atoms with van der Waals surface area (Å²) < 4.78 is 0. The normalized spacial score (nSPS) is 15.0. The largest absolute Gasteiger partial charge is 0.352 e. The third-order valence-corrected chi connectivity index (χ3v) is 4.35. The van der Waals surface area contributed by atoms with Crippen molar-refractivity contribution >= 4 is 17.5 Å². The summed E-state index contributed by atoms with van der Waals surface area (Å²) in [6, 6.07) is 7.78. The van der Waals surface area contributed by atoms with Gasteiger partial charge >= 0.3 is 0 Å². The van der Waals surface area contributed by atoms with Crippen LogP contribution in [0.15, 0.2) is 42.7 Å². The van der Waals surface area contributed by atoms with Crippen LogP contribution < -0.4 is 10.2 Å². The third-order valence-electron chi connectivity index (χ3n) is 4.35. The third kappa shape index (κ3) is 4.09. The van der Waals surface area contributed by atoms with Gasteiger partial charge in [0.1, 0.15) is 5.56 Å². The number of para-hydroxylation sites is 1. The molecule has 0 spiro atoms. The van der Waals surface area contributed by atoms with E-state index >= 15 is 0 Å². The number of amides is 1. The van der Waals surface area contributed by atoms with Crippen molar-refractivity contribution in [3.8, 4) is 0 Å². The van der Waals surface area contributed by atoms with Crippen LogP contribution in [-0.2, 0) is 0 Å². The number of nitro benzene ring substituents is 1. The van der Waals surface area contributed by atoms with Crippen molar-refractivity contribution in [3.63, 3.8) is 0 Å². The molecule has 1 amide bonds. The fraction of sp³-hybridized carbons (Fsp3) is 0.353. The molecule has 1 saturated heterocycles. The van der Waals surface area contributed by atoms with Crippen LogP contribution in [0, 0.1) is 16.0 Å². The predicted molar refractivity (Wildman–Crippen MR) is 92.4 cm³/mol. The summed E-state index contributed by atoms with van der Waals surface area (Å²) in [6.07, 6.45) is 5.27. The van der Waals surface area contributed by atoms with Crippen molar-refractivity contribution in [2.24, 2.45) is 5.92 Å². The SMILES string of the molecule is O=C(NCC1CCN(c2ncccn2)CC1)c1ccccc1[N+](=O)[O-]. The van der Waals surface area contributed by atoms with E-state index in [1.54, 1.807) is 30.6 Å². The van der Waals surface area contributed by atoms with Gasteiger partial charge in [-0.15, -0.1) is 0 Å². The molecule has 0 unspecified atom stereocenters. The van der Waals surface area contributed by atoms with E-state index < -0.39 is 10.8 Å². The first-order valence-corrected chi connectivity index (χ1v) is 8.18. The Morgan fingerprint density at radius 2 is 1.88 bits per heavy atom. The molecular formula is C17H19N5O3. The molecule has 1 aliphatic rings. The van der Waals surface area contributed by atoms with Crippen molar-refractivity contribution in [3.05, 3.63) is 58.4 Å². The van der Waals surface area contributed by atoms with E-state index in [1.165, 1.54) is 12.1 Å². The molecule has 25 heavy (non-hydrogen) atoms. The summed E-state index contributed by atoms with van der Waals surface area (Å²) in [4.78, 5) is 33.4. The Morgan fingerprint density at radius 3 is 2.56 bits per heavy atom. The summed E-state index contributed by atoms with van der Waals surface area (Å²) in [7, 11) is 0. The number of piperidine rings is 1. The van der Waals surface area contributed by atoms with Crippen LogP contribution in [0.3, 0.4) is 0 Å². The van der Waals surface area contributed by atoms with E-state index in [0.29, 0.717) is 12.5 Å². The van der Waals surface area contributed by atoms with Crippen LogP contribution >= 0.6 is 0 Å². The van der Waals surface area contributed by atoms with Gasteiger partial charge in [-0.25, -0.2) is 9.97 Å². The predicted octanol–water partition coefficient (Wildman–Crippen LogP) is 2.03. The number of carbonyl (C=O) groups is 1. The quantitative estimate of drug-likeness (QED) is 0.659. The number of aromatic nitrogens is 2. The van der Waals surface area contributed by atoms with Crippen LogP contribution in [0.25, 0.3) is 0 Å². The molecule has 1 fully saturated rings. The second-order valence-corrected chi connectivity index (χ2v) is 5.96. The zero-order chi connectivity index (χ0) is 17.6. The average Bonchev–Trinajstić information content (AvgIpc) is 2.67. The second kappa shape index (κ2) is 7.69. The van der Waals surface area contributed by atoms with Crippen LogP contribution in [0.2, 0.25) is 0 Å². The Bertz CT molecular complexity index is 745. The highest BCUT2D eigenvalue weighted by Crippen LogP contribution is 2.21. The van der Waals surface area contributed by atoms with Gasteiger partial charge in [0, 0.05) is 38.1 Å². The highest BCUT2D eigenvalue weighted by Gasteiger charge is 2.23. The maximum Gasteiger partial charge on any atom is 0.282 e. The lowest BCUT2D eigenvalue weighted by atomic mass is 9.97. The minimum atomic E-state index is -0.534. The van der Waals surface area contributed by atoms with Crippen LogP contribution in [-0.4, -0.2) is 40.4 Å². The molecule has 1 aromatic carbocycles. The first-order valence-electron chi connectivity index (χ1n) is 8.18. The summed E-state index contributed by atoms with van der Waals surface area (Å²) in [6.45, 7) is 2.17. The highest BCUT2D eigenvalue weighted by atomic mass is 16.6. The monoisotopic (exact) mass is 341 g/mol. The van der Waals surface area contributed by atoms with Gasteiger partial charge in [-0.3, -0.25) is 14.9 Å². The number of rotatable bonds is 5. The van der Waals surface area contributed by atoms with Crippen molar-refractivity contribution in [1.82, 2.24) is 15.3 Å². The molecular weight excluding hydrogens is 322 g/mol. The summed E-state index contributed by atoms with van der Waals surface area (Å²) in [5, 5.41) is 13.8. The number of anilines is 1. The first-order chi connectivity index (χ1) is 12.1. The molecule has 1 N–H and O–H groups in total. The maximum absolute atomic E-state index is 12.3. The lowest BCUT2D eigenvalue weighted by Gasteiger charge is -2.31. The number of nitro groups is 1. The molecule has 2 aromatic rings. The highest BCUT2D eigenvalue weighted by molar-refractivity contribution is 5.98. The first kappa shape index (κ1) is 16.8. The van der Waals surface area contributed by atoms with Crippen LogP contribution in [0.1, 0.15) is 23.2 Å². The number of carbonyl (C=O) groups excluding carboxylic acids is 1. The fourth-order valence-corrected chi connectivity index (χ4v) is 2.95. The standard InChI is InChI=1S/C17H19N5O3/c23-16(14-4-1-2-5-15(14)22(24)25)20-12-13-6-10-21(11-7-13)17-18-8-3-9-19-17/h1-5,8-9,13H,6-7,10-12H2,(H,20,23). The van der Waals surface area contributed by atoms with Crippen LogP contribution in [0.5, 0.6) is 0 Å². The number of nitrogens with zero attached hydrogens (tertiary/aromatic N) is 4. The van der Waals surface area contributed by atoms with E-state index in [2.05, 4.69) is 20.2 Å². The number of hydrogen-bond acceptors (Lipinski definition) is 6. The Kier molecular flexibility index (Phi) is 5.17. The fourth-order valence-electron chi connectivity index (χ4n) is 2.95. The summed E-state index contributed by atoms with van der Waals surface area (Å²) in [5.41, 5.74) is -0.0707. The van der Waals surface area contributed by atoms with Gasteiger partial charge < -0.3 is 10.2 Å². The Morgan fingerprint density at radius 1 is 1.20 bits per heavy atom. The van der Waals surface area contributed by atoms with E-state index in [0.717, 1.165) is 31.9 Å². The topological polar surface area (TPSA) is 101 Å². The second-order valence-electron chi connectivity index (χ2n) is 5.96. The Labute approximate surface area is 145 Å². The van der Waals surface area contributed by atoms with E-state index in [4.69, 9.17) is 0 Å². The molecule has 0 bridgehead atoms. The molecule has 0 aliphatic carbocycles. The van der Waals surface area contributed by atoms with E-state index in [9.17, 15) is 14.9 Å². The van der Waals surface area contributed by atoms with Gasteiger partial charge in [-0.05, 0) is 30.9 Å². The molecule has 8 heteroatoms. The molecule has 1 aromatic heterocycles. The van der Waals surface area contributed by atoms with Crippen molar-refractivity contribution < 1.29 is 9.72 Å². The van der Waals surface area contributed by atoms with Gasteiger partial charge in [0.05, 0.1) is 4.92 Å². The zero-order valence-corrected chi connectivity index (χ0v) is 13.7. The molecule has 0 atom stereocenters. The minimum Gasteiger partial charge on any atom is -0.352 e. The van der Waals surface area contributed by atoms with E-state index in [-0.39, 0.29) is 11.3 Å². The minimum absolute atomic E-state index is 0.0996. The van der Waals surface area contributed by atoms with Gasteiger partial charge in [0.25, 0.3) is 11.6 Å². The lowest BCUT2D eigenvalue weighted by Crippen LogP contribution is -2.39. The van der Waals surface area contributed by atoms with Crippen molar-refractivity contribution in [2.45, 2.75) is 12.8 Å². The van der Waals surface area contributed by atoms with Gasteiger partial charge in [-0.2, -0.15) is 0 Å². The average molecular weight is 341 g/mol. The van der Waals surface area contributed by atoms with Crippen molar-refractivity contribution in [1.29, 1.82) is 0 Å².